The molecule has 0 aromatic carbocycles. The summed E-state index contributed by atoms with van der Waals surface area (Å²) in [6.45, 7) is 4.87. The molecule has 0 aromatic rings. The Morgan fingerprint density at radius 2 is 0.625 bits per heavy atom. The Balaban J connectivity index is 3.27. The van der Waals surface area contributed by atoms with E-state index in [0.717, 1.165) is 51.4 Å². The highest BCUT2D eigenvalue weighted by Crippen LogP contribution is 2.19. The molecule has 0 aliphatic rings. The highest BCUT2D eigenvalue weighted by Gasteiger charge is 2.18. The number of aliphatic hydroxyl groups excluding tert-OH is 2. The minimum Gasteiger partial charge on any atom is -0.466 e. The van der Waals surface area contributed by atoms with Crippen LogP contribution in [-0.4, -0.2) is 47.4 Å². The van der Waals surface area contributed by atoms with Gasteiger partial charge in [-0.2, -0.15) is 0 Å². The van der Waals surface area contributed by atoms with E-state index in [0.29, 0.717) is 19.4 Å². The predicted molar refractivity (Wildman–Crippen MR) is 352 cm³/mol. The van der Waals surface area contributed by atoms with Crippen LogP contribution >= 0.6 is 0 Å². The number of hydrogen-bond donors (Lipinski definition) is 3. The van der Waals surface area contributed by atoms with Crippen molar-refractivity contribution in [3.05, 3.63) is 36.5 Å². The van der Waals surface area contributed by atoms with Gasteiger partial charge < -0.3 is 20.3 Å². The molecule has 0 saturated carbocycles. The van der Waals surface area contributed by atoms with E-state index in [2.05, 4.69) is 43.5 Å². The third kappa shape index (κ3) is 65.2. The van der Waals surface area contributed by atoms with Gasteiger partial charge in [-0.25, -0.2) is 0 Å². The molecule has 0 rings (SSSR count). The molecule has 80 heavy (non-hydrogen) atoms. The summed E-state index contributed by atoms with van der Waals surface area (Å²) in [5.41, 5.74) is 0. The number of hydrogen-bond acceptors (Lipinski definition) is 5. The number of allylic oxidation sites excluding steroid dienone is 5. The molecular weight excluding hydrogens is 983 g/mol. The molecular formula is C74H141NO5. The van der Waals surface area contributed by atoms with Gasteiger partial charge in [-0.05, 0) is 64.2 Å². The van der Waals surface area contributed by atoms with Crippen molar-refractivity contribution < 1.29 is 24.5 Å². The lowest BCUT2D eigenvalue weighted by Gasteiger charge is -2.20. The van der Waals surface area contributed by atoms with Crippen LogP contribution in [0.5, 0.6) is 0 Å². The quantitative estimate of drug-likeness (QED) is 0.0320. The van der Waals surface area contributed by atoms with E-state index in [1.165, 1.54) is 321 Å². The molecule has 0 saturated heterocycles. The molecule has 0 spiro atoms. The van der Waals surface area contributed by atoms with E-state index < -0.39 is 12.1 Å². The number of unbranched alkanes of at least 4 members (excludes halogenated alkanes) is 53. The van der Waals surface area contributed by atoms with Crippen molar-refractivity contribution in [2.24, 2.45) is 0 Å². The Labute approximate surface area is 500 Å². The van der Waals surface area contributed by atoms with Crippen molar-refractivity contribution in [3.8, 4) is 0 Å². The second kappa shape index (κ2) is 69.6. The molecule has 6 heteroatoms. The maximum absolute atomic E-state index is 12.4. The molecule has 472 valence electrons. The number of esters is 1. The first kappa shape index (κ1) is 78.1. The maximum Gasteiger partial charge on any atom is 0.305 e. The van der Waals surface area contributed by atoms with Crippen molar-refractivity contribution in [2.45, 2.75) is 411 Å². The smallest absolute Gasteiger partial charge is 0.305 e. The lowest BCUT2D eigenvalue weighted by Crippen LogP contribution is -2.45. The summed E-state index contributed by atoms with van der Waals surface area (Å²) in [5.74, 6) is -0.0532. The third-order valence-electron chi connectivity index (χ3n) is 16.9. The van der Waals surface area contributed by atoms with Gasteiger partial charge in [-0.3, -0.25) is 9.59 Å². The van der Waals surface area contributed by atoms with Crippen LogP contribution in [0, 0.1) is 0 Å². The number of carbonyl (C=O) groups is 2. The Bertz CT molecular complexity index is 1300. The van der Waals surface area contributed by atoms with Crippen LogP contribution in [0.25, 0.3) is 0 Å². The standard InChI is InChI=1S/C74H141NO5/c1-3-5-7-9-11-13-14-15-41-45-48-52-56-60-64-68-74(79)80-69-65-61-57-53-49-46-43-40-38-36-34-32-30-28-26-24-22-20-18-16-17-19-21-23-25-27-29-31-33-35-37-39-42-44-47-51-55-59-63-67-73(78)75-71(70-76)72(77)66-62-58-54-50-12-10-8-6-4-2/h11,13,15,41,62,66,71-72,76-77H,3-10,12,14,16-40,42-61,63-65,67-70H2,1-2H3,(H,75,78)/b13-11-,41-15-,66-62+. The molecule has 0 aromatic heterocycles. The number of rotatable bonds is 68. The van der Waals surface area contributed by atoms with Crippen LogP contribution in [0.3, 0.4) is 0 Å². The van der Waals surface area contributed by atoms with Crippen molar-refractivity contribution in [3.63, 3.8) is 0 Å². The molecule has 0 bridgehead atoms. The first-order chi connectivity index (χ1) is 39.5. The Morgan fingerprint density at radius 1 is 0.350 bits per heavy atom. The second-order valence-electron chi connectivity index (χ2n) is 24.9. The summed E-state index contributed by atoms with van der Waals surface area (Å²) in [6.07, 6.45) is 89.9. The Kier molecular flexibility index (Phi) is 67.9. The zero-order chi connectivity index (χ0) is 57.8. The van der Waals surface area contributed by atoms with Gasteiger partial charge in [0.15, 0.2) is 0 Å². The molecule has 0 radical (unpaired) electrons. The van der Waals surface area contributed by atoms with E-state index in [1.807, 2.05) is 6.08 Å². The van der Waals surface area contributed by atoms with Crippen molar-refractivity contribution in [1.29, 1.82) is 0 Å². The zero-order valence-electron chi connectivity index (χ0n) is 54.1. The van der Waals surface area contributed by atoms with E-state index >= 15 is 0 Å². The molecule has 2 unspecified atom stereocenters. The van der Waals surface area contributed by atoms with Crippen LogP contribution in [-0.2, 0) is 14.3 Å². The van der Waals surface area contributed by atoms with Gasteiger partial charge in [-0.1, -0.05) is 359 Å². The molecule has 3 N–H and O–H groups in total. The highest BCUT2D eigenvalue weighted by atomic mass is 16.5. The Morgan fingerprint density at radius 3 is 0.975 bits per heavy atom. The van der Waals surface area contributed by atoms with E-state index in [1.54, 1.807) is 6.08 Å². The number of amides is 1. The Hall–Kier alpha value is -1.92. The summed E-state index contributed by atoms with van der Waals surface area (Å²) in [5, 5.41) is 23.0. The highest BCUT2D eigenvalue weighted by molar-refractivity contribution is 5.76. The number of nitrogens with one attached hydrogen (secondary N) is 1. The number of aliphatic hydroxyl groups is 2. The number of carbonyl (C=O) groups excluding carboxylic acids is 2. The third-order valence-corrected chi connectivity index (χ3v) is 16.9. The van der Waals surface area contributed by atoms with Crippen LogP contribution in [0.4, 0.5) is 0 Å². The molecule has 2 atom stereocenters. The summed E-state index contributed by atoms with van der Waals surface area (Å²) >= 11 is 0. The van der Waals surface area contributed by atoms with Gasteiger partial charge in [0.1, 0.15) is 0 Å². The van der Waals surface area contributed by atoms with Crippen LogP contribution < -0.4 is 5.32 Å². The van der Waals surface area contributed by atoms with Crippen molar-refractivity contribution in [2.75, 3.05) is 13.2 Å². The van der Waals surface area contributed by atoms with Gasteiger partial charge >= 0.3 is 5.97 Å². The fourth-order valence-corrected chi connectivity index (χ4v) is 11.4. The zero-order valence-corrected chi connectivity index (χ0v) is 54.1. The molecule has 0 fully saturated rings. The van der Waals surface area contributed by atoms with E-state index in [-0.39, 0.29) is 18.5 Å². The average molecular weight is 1120 g/mol. The summed E-state index contributed by atoms with van der Waals surface area (Å²) in [6, 6.07) is -0.621. The lowest BCUT2D eigenvalue weighted by atomic mass is 10.0. The van der Waals surface area contributed by atoms with Gasteiger partial charge in [0.2, 0.25) is 5.91 Å². The fraction of sp³-hybridized carbons (Fsp3) is 0.892. The van der Waals surface area contributed by atoms with Crippen molar-refractivity contribution in [1.82, 2.24) is 5.32 Å². The minimum atomic E-state index is -0.837. The second-order valence-corrected chi connectivity index (χ2v) is 24.9. The van der Waals surface area contributed by atoms with Gasteiger partial charge in [-0.15, -0.1) is 0 Å². The monoisotopic (exact) mass is 1120 g/mol. The topological polar surface area (TPSA) is 95.9 Å². The first-order valence-corrected chi connectivity index (χ1v) is 36.3. The predicted octanol–water partition coefficient (Wildman–Crippen LogP) is 23.5. The van der Waals surface area contributed by atoms with E-state index in [9.17, 15) is 19.8 Å². The maximum atomic E-state index is 12.4. The number of ether oxygens (including phenoxy) is 1. The summed E-state index contributed by atoms with van der Waals surface area (Å²) in [7, 11) is 0. The summed E-state index contributed by atoms with van der Waals surface area (Å²) < 4.78 is 5.49. The molecule has 1 amide bonds. The largest absolute Gasteiger partial charge is 0.466 e. The molecule has 0 aliphatic carbocycles. The minimum absolute atomic E-state index is 0.00999. The first-order valence-electron chi connectivity index (χ1n) is 36.3. The SMILES string of the molecule is CCCCC/C=C\C/C=C\CCCCCCCC(=O)OCCCCCCCCCCCCCCCCCCCCCCCCCCCCCCCCCCCCCCCCCC(=O)NC(CO)C(O)/C=C/CCCCCCCCC. The van der Waals surface area contributed by atoms with Crippen LogP contribution in [0.15, 0.2) is 36.5 Å². The van der Waals surface area contributed by atoms with Gasteiger partial charge in [0.25, 0.3) is 0 Å². The molecule has 0 heterocycles. The fourth-order valence-electron chi connectivity index (χ4n) is 11.4. The van der Waals surface area contributed by atoms with Gasteiger partial charge in [0.05, 0.1) is 25.4 Å². The molecule has 0 aliphatic heterocycles. The van der Waals surface area contributed by atoms with E-state index in [4.69, 9.17) is 4.74 Å². The van der Waals surface area contributed by atoms with Crippen LogP contribution in [0.2, 0.25) is 0 Å². The van der Waals surface area contributed by atoms with Crippen molar-refractivity contribution >= 4 is 11.9 Å². The summed E-state index contributed by atoms with van der Waals surface area (Å²) in [4.78, 5) is 24.5. The van der Waals surface area contributed by atoms with Crippen LogP contribution in [0.1, 0.15) is 399 Å². The lowest BCUT2D eigenvalue weighted by molar-refractivity contribution is -0.143. The van der Waals surface area contributed by atoms with Gasteiger partial charge in [0, 0.05) is 12.8 Å². The average Bonchev–Trinajstić information content (AvgIpc) is 3.46. The normalized spacial score (nSPS) is 12.7. The molecule has 6 nitrogen and oxygen atoms in total.